The zero-order chi connectivity index (χ0) is 15.4. The van der Waals surface area contributed by atoms with Gasteiger partial charge in [-0.2, -0.15) is 0 Å². The highest BCUT2D eigenvalue weighted by Crippen LogP contribution is 2.20. The van der Waals surface area contributed by atoms with E-state index in [-0.39, 0.29) is 18.3 Å². The van der Waals surface area contributed by atoms with E-state index in [1.165, 1.54) is 0 Å². The summed E-state index contributed by atoms with van der Waals surface area (Å²) in [6, 6.07) is 0.468. The molecule has 1 aromatic rings. The number of carbonyl (C=O) groups is 1. The fourth-order valence-corrected chi connectivity index (χ4v) is 4.06. The average molecular weight is 359 g/mol. The van der Waals surface area contributed by atoms with E-state index in [2.05, 4.69) is 32.4 Å². The Hall–Kier alpha value is -0.690. The second-order valence-corrected chi connectivity index (χ2v) is 7.23. The second kappa shape index (κ2) is 8.97. The summed E-state index contributed by atoms with van der Waals surface area (Å²) in [5.41, 5.74) is 3.04. The molecule has 7 heteroatoms. The fraction of sp³-hybridized carbons (Fsp3) is 0.750. The van der Waals surface area contributed by atoms with Crippen LogP contribution in [0.2, 0.25) is 0 Å². The molecule has 2 saturated heterocycles. The maximum Gasteiger partial charge on any atom is 0.225 e. The molecule has 2 fully saturated rings. The first-order valence-corrected chi connectivity index (χ1v) is 9.28. The van der Waals surface area contributed by atoms with Crippen LogP contribution in [0.15, 0.2) is 10.9 Å². The van der Waals surface area contributed by atoms with Crippen molar-refractivity contribution in [3.05, 3.63) is 16.6 Å². The van der Waals surface area contributed by atoms with Crippen molar-refractivity contribution in [1.82, 2.24) is 20.1 Å². The van der Waals surface area contributed by atoms with Gasteiger partial charge < -0.3 is 10.2 Å². The number of nitrogens with zero attached hydrogens (tertiary/aromatic N) is 3. The SMILES string of the molecule is C[C@H]1C[C@@H](C(=O)N2CCCN(Cc3cscn3)CC2)CCN1.Cl. The van der Waals surface area contributed by atoms with E-state index in [0.717, 1.165) is 64.2 Å². The number of hydrogen-bond acceptors (Lipinski definition) is 5. The topological polar surface area (TPSA) is 48.5 Å². The summed E-state index contributed by atoms with van der Waals surface area (Å²) >= 11 is 1.65. The summed E-state index contributed by atoms with van der Waals surface area (Å²) in [6.45, 7) is 7.86. The van der Waals surface area contributed by atoms with Gasteiger partial charge in [0.1, 0.15) is 0 Å². The molecule has 0 aliphatic carbocycles. The molecule has 0 spiro atoms. The molecular weight excluding hydrogens is 332 g/mol. The summed E-state index contributed by atoms with van der Waals surface area (Å²) < 4.78 is 0. The van der Waals surface area contributed by atoms with Crippen molar-refractivity contribution in [2.45, 2.75) is 38.8 Å². The summed E-state index contributed by atoms with van der Waals surface area (Å²) in [5.74, 6) is 0.602. The number of nitrogens with one attached hydrogen (secondary N) is 1. The average Bonchev–Trinajstić information content (AvgIpc) is 2.91. The number of piperidine rings is 1. The van der Waals surface area contributed by atoms with Crippen LogP contribution in [0.1, 0.15) is 31.9 Å². The molecule has 0 saturated carbocycles. The van der Waals surface area contributed by atoms with Gasteiger partial charge in [0.05, 0.1) is 11.2 Å². The maximum absolute atomic E-state index is 12.7. The van der Waals surface area contributed by atoms with Gasteiger partial charge in [0.15, 0.2) is 0 Å². The van der Waals surface area contributed by atoms with Crippen LogP contribution in [0.3, 0.4) is 0 Å². The predicted molar refractivity (Wildman–Crippen MR) is 96.0 cm³/mol. The molecule has 1 N–H and O–H groups in total. The van der Waals surface area contributed by atoms with E-state index in [4.69, 9.17) is 0 Å². The Morgan fingerprint density at radius 2 is 2.26 bits per heavy atom. The van der Waals surface area contributed by atoms with E-state index in [9.17, 15) is 4.79 Å². The van der Waals surface area contributed by atoms with Crippen LogP contribution in [0.25, 0.3) is 0 Å². The Morgan fingerprint density at radius 1 is 1.39 bits per heavy atom. The van der Waals surface area contributed by atoms with Gasteiger partial charge in [0, 0.05) is 50.1 Å². The number of halogens is 1. The summed E-state index contributed by atoms with van der Waals surface area (Å²) in [7, 11) is 0. The zero-order valence-corrected chi connectivity index (χ0v) is 15.4. The zero-order valence-electron chi connectivity index (χ0n) is 13.7. The van der Waals surface area contributed by atoms with Gasteiger partial charge in [-0.25, -0.2) is 4.98 Å². The lowest BCUT2D eigenvalue weighted by Gasteiger charge is -2.31. The monoisotopic (exact) mass is 358 g/mol. The molecule has 0 radical (unpaired) electrons. The van der Waals surface area contributed by atoms with Crippen LogP contribution in [0.5, 0.6) is 0 Å². The first-order valence-electron chi connectivity index (χ1n) is 8.34. The van der Waals surface area contributed by atoms with Gasteiger partial charge in [-0.05, 0) is 32.7 Å². The van der Waals surface area contributed by atoms with Crippen LogP contribution >= 0.6 is 23.7 Å². The molecule has 1 amide bonds. The molecule has 2 atom stereocenters. The minimum atomic E-state index is 0. The quantitative estimate of drug-likeness (QED) is 0.897. The first kappa shape index (κ1) is 18.6. The van der Waals surface area contributed by atoms with E-state index >= 15 is 0 Å². The Balaban J connectivity index is 0.00000192. The van der Waals surface area contributed by atoms with Gasteiger partial charge in [0.25, 0.3) is 0 Å². The van der Waals surface area contributed by atoms with Crippen molar-refractivity contribution in [2.24, 2.45) is 5.92 Å². The van der Waals surface area contributed by atoms with Crippen LogP contribution in [0.4, 0.5) is 0 Å². The highest BCUT2D eigenvalue weighted by atomic mass is 35.5. The predicted octanol–water partition coefficient (Wildman–Crippen LogP) is 1.99. The van der Waals surface area contributed by atoms with Crippen LogP contribution in [-0.4, -0.2) is 59.5 Å². The standard InChI is InChI=1S/C16H26N4OS.ClH/c1-13-9-14(3-4-17-13)16(21)20-6-2-5-19(7-8-20)10-15-11-22-12-18-15;/h11-14,17H,2-10H2,1H3;1H/t13-,14-;/m0./s1. The number of aromatic nitrogens is 1. The lowest BCUT2D eigenvalue weighted by molar-refractivity contribution is -0.136. The number of hydrogen-bond donors (Lipinski definition) is 1. The van der Waals surface area contributed by atoms with Crippen molar-refractivity contribution in [2.75, 3.05) is 32.7 Å². The summed E-state index contributed by atoms with van der Waals surface area (Å²) in [5, 5.41) is 5.54. The van der Waals surface area contributed by atoms with Gasteiger partial charge in [-0.15, -0.1) is 23.7 Å². The third-order valence-corrected chi connectivity index (χ3v) is 5.38. The van der Waals surface area contributed by atoms with Crippen molar-refractivity contribution in [1.29, 1.82) is 0 Å². The molecule has 3 rings (SSSR count). The number of rotatable bonds is 3. The molecular formula is C16H27ClN4OS. The van der Waals surface area contributed by atoms with Crippen molar-refractivity contribution < 1.29 is 4.79 Å². The van der Waals surface area contributed by atoms with E-state index in [1.807, 2.05) is 5.51 Å². The molecule has 0 unspecified atom stereocenters. The third-order valence-electron chi connectivity index (χ3n) is 4.74. The Bertz CT molecular complexity index is 484. The second-order valence-electron chi connectivity index (χ2n) is 6.51. The maximum atomic E-state index is 12.7. The third kappa shape index (κ3) is 5.14. The normalized spacial score (nSPS) is 26.4. The minimum absolute atomic E-state index is 0. The lowest BCUT2D eigenvalue weighted by atomic mass is 9.92. The Kier molecular flexibility index (Phi) is 7.27. The van der Waals surface area contributed by atoms with Crippen molar-refractivity contribution >= 4 is 29.7 Å². The van der Waals surface area contributed by atoms with E-state index in [0.29, 0.717) is 11.9 Å². The molecule has 0 bridgehead atoms. The molecule has 1 aromatic heterocycles. The number of amides is 1. The summed E-state index contributed by atoms with van der Waals surface area (Å²) in [6.07, 6.45) is 3.04. The van der Waals surface area contributed by atoms with Crippen molar-refractivity contribution in [3.63, 3.8) is 0 Å². The van der Waals surface area contributed by atoms with Gasteiger partial charge in [0.2, 0.25) is 5.91 Å². The highest BCUT2D eigenvalue weighted by Gasteiger charge is 2.29. The lowest BCUT2D eigenvalue weighted by Crippen LogP contribution is -2.45. The summed E-state index contributed by atoms with van der Waals surface area (Å²) in [4.78, 5) is 21.6. The Labute approximate surface area is 148 Å². The molecule has 2 aliphatic rings. The van der Waals surface area contributed by atoms with Gasteiger partial charge >= 0.3 is 0 Å². The smallest absolute Gasteiger partial charge is 0.225 e. The molecule has 130 valence electrons. The minimum Gasteiger partial charge on any atom is -0.341 e. The fourth-order valence-electron chi connectivity index (χ4n) is 3.51. The van der Waals surface area contributed by atoms with E-state index < -0.39 is 0 Å². The van der Waals surface area contributed by atoms with Crippen LogP contribution in [0, 0.1) is 5.92 Å². The van der Waals surface area contributed by atoms with Crippen LogP contribution < -0.4 is 5.32 Å². The molecule has 2 aliphatic heterocycles. The molecule has 3 heterocycles. The molecule has 5 nitrogen and oxygen atoms in total. The number of carbonyl (C=O) groups excluding carboxylic acids is 1. The highest BCUT2D eigenvalue weighted by molar-refractivity contribution is 7.07. The molecule has 0 aromatic carbocycles. The van der Waals surface area contributed by atoms with Gasteiger partial charge in [-0.1, -0.05) is 0 Å². The largest absolute Gasteiger partial charge is 0.341 e. The van der Waals surface area contributed by atoms with Crippen LogP contribution in [-0.2, 0) is 11.3 Å². The number of thiazole rings is 1. The Morgan fingerprint density at radius 3 is 3.00 bits per heavy atom. The van der Waals surface area contributed by atoms with Crippen molar-refractivity contribution in [3.8, 4) is 0 Å². The van der Waals surface area contributed by atoms with Gasteiger partial charge in [-0.3, -0.25) is 9.69 Å². The van der Waals surface area contributed by atoms with E-state index in [1.54, 1.807) is 11.3 Å². The molecule has 23 heavy (non-hydrogen) atoms. The first-order chi connectivity index (χ1) is 10.7.